The van der Waals surface area contributed by atoms with Gasteiger partial charge in [0.1, 0.15) is 11.9 Å². The summed E-state index contributed by atoms with van der Waals surface area (Å²) in [6, 6.07) is 17.2. The lowest BCUT2D eigenvalue weighted by Gasteiger charge is -2.40. The van der Waals surface area contributed by atoms with E-state index in [2.05, 4.69) is 6.92 Å². The van der Waals surface area contributed by atoms with Crippen LogP contribution in [0, 0.1) is 11.8 Å². The first-order valence-corrected chi connectivity index (χ1v) is 12.0. The zero-order valence-corrected chi connectivity index (χ0v) is 19.6. The molecule has 2 heterocycles. The molecular weight excluding hydrogens is 438 g/mol. The van der Waals surface area contributed by atoms with Crippen LogP contribution in [0.4, 0.5) is 0 Å². The van der Waals surface area contributed by atoms with E-state index in [0.717, 1.165) is 16.9 Å². The van der Waals surface area contributed by atoms with Gasteiger partial charge in [0.25, 0.3) is 5.91 Å². The number of nitrogens with zero attached hydrogens (tertiary/aromatic N) is 1. The molecule has 1 amide bonds. The number of hydrogen-bond acceptors (Lipinski definition) is 4. The van der Waals surface area contributed by atoms with E-state index in [1.807, 2.05) is 54.6 Å². The Balaban J connectivity index is 1.46. The van der Waals surface area contributed by atoms with Crippen LogP contribution in [0.1, 0.15) is 36.9 Å². The van der Waals surface area contributed by atoms with Gasteiger partial charge in [-0.15, -0.1) is 11.6 Å². The zero-order chi connectivity index (χ0) is 23.1. The molecule has 1 aliphatic carbocycles. The standard InChI is InChI=1S/C27H28ClNO4/c1-16-14-22-20(15-21(16)28)25(30)23-24(18-6-4-3-5-7-18)29(27(31)26(23)33-22)13-12-17-8-10-19(32-2)11-9-17/h3-11,16,20-22,24H,12-15H2,1-2H3. The molecule has 5 nitrogen and oxygen atoms in total. The van der Waals surface area contributed by atoms with E-state index in [4.69, 9.17) is 21.1 Å². The lowest BCUT2D eigenvalue weighted by Crippen LogP contribution is -2.44. The Labute approximate surface area is 199 Å². The van der Waals surface area contributed by atoms with Crippen molar-refractivity contribution in [3.05, 3.63) is 77.1 Å². The van der Waals surface area contributed by atoms with E-state index in [9.17, 15) is 9.59 Å². The van der Waals surface area contributed by atoms with Gasteiger partial charge in [0.2, 0.25) is 0 Å². The van der Waals surface area contributed by atoms with Crippen LogP contribution in [-0.2, 0) is 20.7 Å². The minimum absolute atomic E-state index is 0.0213. The summed E-state index contributed by atoms with van der Waals surface area (Å²) >= 11 is 6.53. The van der Waals surface area contributed by atoms with Crippen LogP contribution in [0.2, 0.25) is 0 Å². The third-order valence-corrected chi connectivity index (χ3v) is 7.83. The quantitative estimate of drug-likeness (QED) is 0.601. The second-order valence-corrected chi connectivity index (χ2v) is 9.80. The molecule has 2 aliphatic heterocycles. The summed E-state index contributed by atoms with van der Waals surface area (Å²) in [5.41, 5.74) is 2.52. The molecule has 0 N–H and O–H groups in total. The first-order valence-electron chi connectivity index (χ1n) is 11.6. The number of halogens is 1. The number of carbonyl (C=O) groups excluding carboxylic acids is 2. The van der Waals surface area contributed by atoms with E-state index >= 15 is 0 Å². The Kier molecular flexibility index (Phi) is 5.92. The maximum absolute atomic E-state index is 13.7. The number of Topliss-reactive ketones (excluding diaryl/α,β-unsaturated/α-hetero) is 1. The SMILES string of the molecule is COc1ccc(CCN2C(=O)C3=C(C(=O)C4CC(Cl)C(C)CC4O3)C2c2ccccc2)cc1. The lowest BCUT2D eigenvalue weighted by molar-refractivity contribution is -0.136. The van der Waals surface area contributed by atoms with E-state index < -0.39 is 6.04 Å². The van der Waals surface area contributed by atoms with E-state index in [1.54, 1.807) is 12.0 Å². The number of methoxy groups -OCH3 is 1. The van der Waals surface area contributed by atoms with Gasteiger partial charge in [-0.1, -0.05) is 49.4 Å². The second kappa shape index (κ2) is 8.86. The molecule has 1 fully saturated rings. The summed E-state index contributed by atoms with van der Waals surface area (Å²) in [6.07, 6.45) is 1.67. The Bertz CT molecular complexity index is 1080. The Morgan fingerprint density at radius 2 is 1.79 bits per heavy atom. The second-order valence-electron chi connectivity index (χ2n) is 9.24. The number of ketones is 1. The number of ether oxygens (including phenoxy) is 2. The molecule has 5 unspecified atom stereocenters. The van der Waals surface area contributed by atoms with Gasteiger partial charge in [0, 0.05) is 11.9 Å². The van der Waals surface area contributed by atoms with Crippen LogP contribution in [0.5, 0.6) is 5.75 Å². The van der Waals surface area contributed by atoms with Crippen molar-refractivity contribution in [2.24, 2.45) is 11.8 Å². The van der Waals surface area contributed by atoms with Gasteiger partial charge in [-0.2, -0.15) is 0 Å². The molecule has 172 valence electrons. The fourth-order valence-electron chi connectivity index (χ4n) is 5.32. The van der Waals surface area contributed by atoms with Gasteiger partial charge >= 0.3 is 0 Å². The molecular formula is C27H28ClNO4. The first kappa shape index (κ1) is 22.0. The maximum Gasteiger partial charge on any atom is 0.290 e. The predicted octanol–water partition coefficient (Wildman–Crippen LogP) is 4.70. The molecule has 2 aromatic rings. The largest absolute Gasteiger partial charge is 0.497 e. The van der Waals surface area contributed by atoms with Crippen molar-refractivity contribution >= 4 is 23.3 Å². The fourth-order valence-corrected chi connectivity index (χ4v) is 5.61. The van der Waals surface area contributed by atoms with Gasteiger partial charge in [-0.05, 0) is 48.4 Å². The monoisotopic (exact) mass is 465 g/mol. The smallest absolute Gasteiger partial charge is 0.290 e. The number of carbonyl (C=O) groups is 2. The molecule has 6 heteroatoms. The highest BCUT2D eigenvalue weighted by atomic mass is 35.5. The molecule has 0 radical (unpaired) electrons. The average Bonchev–Trinajstić information content (AvgIpc) is 3.12. The maximum atomic E-state index is 13.7. The van der Waals surface area contributed by atoms with Crippen molar-refractivity contribution in [1.29, 1.82) is 0 Å². The van der Waals surface area contributed by atoms with Crippen molar-refractivity contribution in [3.63, 3.8) is 0 Å². The van der Waals surface area contributed by atoms with Crippen LogP contribution < -0.4 is 4.74 Å². The Hall–Kier alpha value is -2.79. The molecule has 0 spiro atoms. The third-order valence-electron chi connectivity index (χ3n) is 7.22. The highest BCUT2D eigenvalue weighted by Gasteiger charge is 2.53. The number of amides is 1. The summed E-state index contributed by atoms with van der Waals surface area (Å²) in [5, 5.41) is -0.0561. The topological polar surface area (TPSA) is 55.8 Å². The fraction of sp³-hybridized carbons (Fsp3) is 0.407. The van der Waals surface area contributed by atoms with Gasteiger partial charge in [-0.25, -0.2) is 0 Å². The number of fused-ring (bicyclic) bond motifs is 1. The molecule has 5 rings (SSSR count). The van der Waals surface area contributed by atoms with Gasteiger partial charge in [0.05, 0.1) is 24.6 Å². The van der Waals surface area contributed by atoms with Crippen LogP contribution in [0.3, 0.4) is 0 Å². The summed E-state index contributed by atoms with van der Waals surface area (Å²) < 4.78 is 11.5. The van der Waals surface area contributed by atoms with Crippen molar-refractivity contribution in [3.8, 4) is 5.75 Å². The van der Waals surface area contributed by atoms with Gasteiger partial charge < -0.3 is 14.4 Å². The molecule has 3 aliphatic rings. The molecule has 2 aromatic carbocycles. The zero-order valence-electron chi connectivity index (χ0n) is 18.9. The Morgan fingerprint density at radius 3 is 2.48 bits per heavy atom. The van der Waals surface area contributed by atoms with E-state index in [-0.39, 0.29) is 40.8 Å². The van der Waals surface area contributed by atoms with Crippen LogP contribution in [-0.4, -0.2) is 41.7 Å². The number of benzene rings is 2. The lowest BCUT2D eigenvalue weighted by atomic mass is 9.74. The molecule has 0 saturated heterocycles. The van der Waals surface area contributed by atoms with Crippen molar-refractivity contribution in [2.45, 2.75) is 43.7 Å². The summed E-state index contributed by atoms with van der Waals surface area (Å²) in [4.78, 5) is 29.1. The summed E-state index contributed by atoms with van der Waals surface area (Å²) in [5.74, 6) is 0.819. The van der Waals surface area contributed by atoms with E-state index in [0.29, 0.717) is 31.4 Å². The highest BCUT2D eigenvalue weighted by molar-refractivity contribution is 6.21. The summed E-state index contributed by atoms with van der Waals surface area (Å²) in [6.45, 7) is 2.56. The van der Waals surface area contributed by atoms with Crippen molar-refractivity contribution in [1.82, 2.24) is 4.90 Å². The molecule has 1 saturated carbocycles. The molecule has 0 aromatic heterocycles. The number of hydrogen-bond donors (Lipinski definition) is 0. The third kappa shape index (κ3) is 3.93. The minimum Gasteiger partial charge on any atom is -0.497 e. The molecule has 5 atom stereocenters. The normalized spacial score (nSPS) is 28.9. The Morgan fingerprint density at radius 1 is 1.06 bits per heavy atom. The van der Waals surface area contributed by atoms with Crippen molar-refractivity contribution < 1.29 is 19.1 Å². The molecule has 33 heavy (non-hydrogen) atoms. The van der Waals surface area contributed by atoms with E-state index in [1.165, 1.54) is 0 Å². The number of rotatable bonds is 5. The first-order chi connectivity index (χ1) is 16.0. The van der Waals surface area contributed by atoms with Gasteiger partial charge in [-0.3, -0.25) is 9.59 Å². The predicted molar refractivity (Wildman–Crippen MR) is 126 cm³/mol. The minimum atomic E-state index is -0.437. The van der Waals surface area contributed by atoms with Crippen LogP contribution >= 0.6 is 11.6 Å². The average molecular weight is 466 g/mol. The van der Waals surface area contributed by atoms with Crippen LogP contribution in [0.15, 0.2) is 65.9 Å². The summed E-state index contributed by atoms with van der Waals surface area (Å²) in [7, 11) is 1.64. The molecule has 0 bridgehead atoms. The highest BCUT2D eigenvalue weighted by Crippen LogP contribution is 2.48. The number of alkyl halides is 1. The van der Waals surface area contributed by atoms with Gasteiger partial charge in [0.15, 0.2) is 11.5 Å². The van der Waals surface area contributed by atoms with Crippen molar-refractivity contribution in [2.75, 3.05) is 13.7 Å². The van der Waals surface area contributed by atoms with Crippen LogP contribution in [0.25, 0.3) is 0 Å².